The molecule has 0 aromatic heterocycles. The fourth-order valence-electron chi connectivity index (χ4n) is 10.2. The molecule has 10 aromatic carbocycles. The highest BCUT2D eigenvalue weighted by Gasteiger charge is 2.30. The van der Waals surface area contributed by atoms with E-state index in [0.29, 0.717) is 11.1 Å². The van der Waals surface area contributed by atoms with Crippen molar-refractivity contribution in [2.45, 2.75) is 13.8 Å². The van der Waals surface area contributed by atoms with E-state index in [9.17, 15) is 10.5 Å². The molecule has 0 N–H and O–H groups in total. The van der Waals surface area contributed by atoms with Crippen LogP contribution in [0.2, 0.25) is 0 Å². The Kier molecular flexibility index (Phi) is 6.08. The highest BCUT2D eigenvalue weighted by molar-refractivity contribution is 6.30. The maximum absolute atomic E-state index is 10.1. The minimum absolute atomic E-state index is 0.660. The van der Waals surface area contributed by atoms with Gasteiger partial charge in [-0.15, -0.1) is 0 Å². The second kappa shape index (κ2) is 11.0. The summed E-state index contributed by atoms with van der Waals surface area (Å²) in [6.45, 7) is 4.29. The fraction of sp³-hybridized carbons (Fsp3) is 0.0370. The van der Waals surface area contributed by atoms with Crippen LogP contribution in [0.15, 0.2) is 146 Å². The van der Waals surface area contributed by atoms with Crippen LogP contribution < -0.4 is 0 Å². The predicted octanol–water partition coefficient (Wildman–Crippen LogP) is 14.4. The number of fused-ring (bicyclic) bond motifs is 11. The lowest BCUT2D eigenvalue weighted by molar-refractivity contribution is 1.42. The molecule has 2 nitrogen and oxygen atoms in total. The summed E-state index contributed by atoms with van der Waals surface area (Å²) in [6, 6.07) is 57.7. The third kappa shape index (κ3) is 3.93. The smallest absolute Gasteiger partial charge is 0.0991 e. The first-order valence-electron chi connectivity index (χ1n) is 19.1. The van der Waals surface area contributed by atoms with Gasteiger partial charge in [-0.2, -0.15) is 10.5 Å². The molecule has 0 amide bonds. The zero-order chi connectivity index (χ0) is 37.4. The number of hydrogen-bond donors (Lipinski definition) is 0. The Bertz CT molecular complexity index is 3560. The zero-order valence-corrected chi connectivity index (χ0v) is 30.8. The molecule has 0 aliphatic heterocycles. The molecule has 0 saturated carbocycles. The largest absolute Gasteiger partial charge is 0.192 e. The minimum Gasteiger partial charge on any atom is -0.192 e. The molecule has 2 heteroatoms. The van der Waals surface area contributed by atoms with Crippen LogP contribution in [0.1, 0.15) is 22.3 Å². The first-order valence-corrected chi connectivity index (χ1v) is 19.1. The third-order valence-electron chi connectivity index (χ3n) is 12.6. The van der Waals surface area contributed by atoms with Crippen molar-refractivity contribution in [1.29, 1.82) is 10.5 Å². The van der Waals surface area contributed by atoms with E-state index in [0.717, 1.165) is 22.3 Å². The average Bonchev–Trinajstić information content (AvgIpc) is 3.73. The van der Waals surface area contributed by atoms with Gasteiger partial charge in [0.2, 0.25) is 0 Å². The van der Waals surface area contributed by atoms with Crippen molar-refractivity contribution in [1.82, 2.24) is 0 Å². The van der Waals surface area contributed by atoms with Gasteiger partial charge in [0.15, 0.2) is 0 Å². The second-order valence-electron chi connectivity index (χ2n) is 15.5. The van der Waals surface area contributed by atoms with Gasteiger partial charge < -0.3 is 0 Å². The number of rotatable bonds is 2. The van der Waals surface area contributed by atoms with Gasteiger partial charge in [-0.3, -0.25) is 0 Å². The summed E-state index contributed by atoms with van der Waals surface area (Å²) in [4.78, 5) is 0. The monoisotopic (exact) mass is 706 g/mol. The van der Waals surface area contributed by atoms with Crippen LogP contribution in [0.25, 0.3) is 121 Å². The van der Waals surface area contributed by atoms with Gasteiger partial charge in [-0.25, -0.2) is 0 Å². The van der Waals surface area contributed by atoms with E-state index in [1.54, 1.807) is 0 Å². The summed E-state index contributed by atoms with van der Waals surface area (Å²) in [6.07, 6.45) is 0. The summed E-state index contributed by atoms with van der Waals surface area (Å²) in [7, 11) is 0. The van der Waals surface area contributed by atoms with Gasteiger partial charge >= 0.3 is 0 Å². The van der Waals surface area contributed by atoms with Crippen LogP contribution in [-0.4, -0.2) is 0 Å². The molecule has 2 aliphatic rings. The molecule has 0 heterocycles. The number of benzene rings is 10. The molecule has 256 valence electrons. The van der Waals surface area contributed by atoms with E-state index in [-0.39, 0.29) is 0 Å². The molecule has 10 aromatic rings. The first-order chi connectivity index (χ1) is 27.5. The van der Waals surface area contributed by atoms with Crippen molar-refractivity contribution < 1.29 is 0 Å². The maximum atomic E-state index is 10.1. The number of hydrogen-bond acceptors (Lipinski definition) is 2. The molecule has 0 unspecified atom stereocenters. The molecular weight excluding hydrogens is 677 g/mol. The van der Waals surface area contributed by atoms with Gasteiger partial charge in [-0.05, 0) is 182 Å². The Morgan fingerprint density at radius 2 is 0.786 bits per heavy atom. The summed E-state index contributed by atoms with van der Waals surface area (Å²) in [5.41, 5.74) is 18.2. The summed E-state index contributed by atoms with van der Waals surface area (Å²) in [5, 5.41) is 32.1. The number of nitriles is 2. The molecule has 56 heavy (non-hydrogen) atoms. The SMILES string of the molecule is Cc1cc(C#N)ccc1-c1c2c(cc3c1ccc1c4cc5c(c(-c6cc(C#N)ccc6C)c4ccc31)-c1cccc3cccc-5c13)-c1cccc3cccc-2c13. The van der Waals surface area contributed by atoms with Crippen LogP contribution in [0, 0.1) is 36.5 Å². The van der Waals surface area contributed by atoms with Crippen molar-refractivity contribution >= 4 is 53.9 Å². The van der Waals surface area contributed by atoms with E-state index >= 15 is 0 Å². The van der Waals surface area contributed by atoms with Crippen molar-refractivity contribution in [3.63, 3.8) is 0 Å². The lowest BCUT2D eigenvalue weighted by Crippen LogP contribution is -1.94. The highest BCUT2D eigenvalue weighted by atomic mass is 14.3. The first kappa shape index (κ1) is 30.9. The quantitative estimate of drug-likeness (QED) is 0.168. The standard InChI is InChI=1S/C54H30N2/c1-29-15-16-32(28-56)24-44(29)52-41-22-20-36-37(46(41)26-48-39-12-4-8-34-10-6-14-43(50(34)39)54(48)52)19-21-40-45(36)25-47-38-11-3-7-33-9-5-13-42(49(33)38)53(47)51(40)35-18-17-31(27-55)23-30(35)2/h3-26H,1-2H3. The third-order valence-corrected chi connectivity index (χ3v) is 12.6. The van der Waals surface area contributed by atoms with Crippen LogP contribution in [0.5, 0.6) is 0 Å². The Morgan fingerprint density at radius 3 is 1.30 bits per heavy atom. The topological polar surface area (TPSA) is 47.6 Å². The van der Waals surface area contributed by atoms with Crippen molar-refractivity contribution in [2.75, 3.05) is 0 Å². The lowest BCUT2D eigenvalue weighted by Gasteiger charge is -2.20. The summed E-state index contributed by atoms with van der Waals surface area (Å²) >= 11 is 0. The molecular formula is C54H30N2. The van der Waals surface area contributed by atoms with Crippen LogP contribution >= 0.6 is 0 Å². The molecule has 0 saturated heterocycles. The molecule has 0 spiro atoms. The Balaban J connectivity index is 1.24. The predicted molar refractivity (Wildman–Crippen MR) is 233 cm³/mol. The van der Waals surface area contributed by atoms with Crippen LogP contribution in [-0.2, 0) is 0 Å². The lowest BCUT2D eigenvalue weighted by atomic mass is 9.82. The maximum Gasteiger partial charge on any atom is 0.0991 e. The van der Waals surface area contributed by atoms with E-state index in [1.165, 1.54) is 109 Å². The Hall–Kier alpha value is -7.52. The normalized spacial score (nSPS) is 12.1. The minimum atomic E-state index is 0.660. The van der Waals surface area contributed by atoms with Crippen molar-refractivity contribution in [3.05, 3.63) is 168 Å². The number of nitrogens with zero attached hydrogens (tertiary/aromatic N) is 2. The summed E-state index contributed by atoms with van der Waals surface area (Å²) < 4.78 is 0. The van der Waals surface area contributed by atoms with Crippen LogP contribution in [0.3, 0.4) is 0 Å². The molecule has 12 rings (SSSR count). The van der Waals surface area contributed by atoms with Gasteiger partial charge in [0.05, 0.1) is 23.3 Å². The molecule has 0 bridgehead atoms. The van der Waals surface area contributed by atoms with Crippen molar-refractivity contribution in [3.8, 4) is 78.9 Å². The molecule has 0 atom stereocenters. The van der Waals surface area contributed by atoms with Gasteiger partial charge in [-0.1, -0.05) is 109 Å². The van der Waals surface area contributed by atoms with Crippen LogP contribution in [0.4, 0.5) is 0 Å². The summed E-state index contributed by atoms with van der Waals surface area (Å²) in [5.74, 6) is 0. The second-order valence-corrected chi connectivity index (χ2v) is 15.5. The zero-order valence-electron chi connectivity index (χ0n) is 30.8. The van der Waals surface area contributed by atoms with Gasteiger partial charge in [0.1, 0.15) is 0 Å². The Labute approximate surface area is 323 Å². The van der Waals surface area contributed by atoms with E-state index in [1.807, 2.05) is 18.2 Å². The fourth-order valence-corrected chi connectivity index (χ4v) is 10.2. The average molecular weight is 707 g/mol. The highest BCUT2D eigenvalue weighted by Crippen LogP contribution is 2.57. The van der Waals surface area contributed by atoms with E-state index in [2.05, 4.69) is 153 Å². The van der Waals surface area contributed by atoms with Crippen molar-refractivity contribution in [2.24, 2.45) is 0 Å². The molecule has 2 aliphatic carbocycles. The van der Waals surface area contributed by atoms with E-state index < -0.39 is 0 Å². The molecule has 0 fully saturated rings. The van der Waals surface area contributed by atoms with E-state index in [4.69, 9.17) is 0 Å². The number of aryl methyl sites for hydroxylation is 2. The van der Waals surface area contributed by atoms with Gasteiger partial charge in [0, 0.05) is 0 Å². The molecule has 0 radical (unpaired) electrons. The van der Waals surface area contributed by atoms with Gasteiger partial charge in [0.25, 0.3) is 0 Å². The Morgan fingerprint density at radius 1 is 0.321 bits per heavy atom.